The van der Waals surface area contributed by atoms with E-state index in [1.165, 1.54) is 0 Å². The lowest BCUT2D eigenvalue weighted by Crippen LogP contribution is -2.54. The quantitative estimate of drug-likeness (QED) is 0.309. The van der Waals surface area contributed by atoms with Crippen LogP contribution in [0.15, 0.2) is 66.7 Å². The van der Waals surface area contributed by atoms with Crippen molar-refractivity contribution in [3.63, 3.8) is 0 Å². The van der Waals surface area contributed by atoms with E-state index < -0.39 is 11.6 Å². The maximum atomic E-state index is 13.8. The van der Waals surface area contributed by atoms with Crippen LogP contribution in [0.1, 0.15) is 37.5 Å². The normalized spacial score (nSPS) is 12.2. The van der Waals surface area contributed by atoms with Gasteiger partial charge in [-0.05, 0) is 61.7 Å². The molecule has 0 spiro atoms. The monoisotopic (exact) mass is 564 g/mol. The van der Waals surface area contributed by atoms with Crippen LogP contribution < -0.4 is 5.32 Å². The summed E-state index contributed by atoms with van der Waals surface area (Å²) >= 11 is 24.8. The van der Waals surface area contributed by atoms with E-state index in [9.17, 15) is 9.59 Å². The first-order valence-corrected chi connectivity index (χ1v) is 13.0. The number of hydrogen-bond acceptors (Lipinski definition) is 2. The summed E-state index contributed by atoms with van der Waals surface area (Å²) < 4.78 is 0. The maximum Gasteiger partial charge on any atom is 0.243 e. The van der Waals surface area contributed by atoms with Gasteiger partial charge in [-0.3, -0.25) is 9.59 Å². The molecule has 0 heterocycles. The highest BCUT2D eigenvalue weighted by molar-refractivity contribution is 6.42. The number of carbonyl (C=O) groups excluding carboxylic acids is 2. The fourth-order valence-corrected chi connectivity index (χ4v) is 4.56. The number of rotatable bonds is 8. The first-order valence-electron chi connectivity index (χ1n) is 11.5. The molecule has 1 N–H and O–H groups in total. The Balaban J connectivity index is 2.03. The van der Waals surface area contributed by atoms with Crippen LogP contribution in [0, 0.1) is 0 Å². The number of nitrogens with one attached hydrogen (secondary N) is 1. The van der Waals surface area contributed by atoms with Gasteiger partial charge in [-0.15, -0.1) is 0 Å². The van der Waals surface area contributed by atoms with E-state index in [0.29, 0.717) is 37.6 Å². The summed E-state index contributed by atoms with van der Waals surface area (Å²) in [4.78, 5) is 29.0. The third-order valence-electron chi connectivity index (χ3n) is 5.46. The van der Waals surface area contributed by atoms with Crippen LogP contribution in [0.4, 0.5) is 0 Å². The number of amides is 2. The van der Waals surface area contributed by atoms with E-state index in [-0.39, 0.29) is 24.8 Å². The van der Waals surface area contributed by atoms with Crippen molar-refractivity contribution in [2.75, 3.05) is 0 Å². The lowest BCUT2D eigenvalue weighted by molar-refractivity contribution is -0.141. The second-order valence-corrected chi connectivity index (χ2v) is 11.3. The highest BCUT2D eigenvalue weighted by Crippen LogP contribution is 2.26. The molecule has 0 aliphatic carbocycles. The Bertz CT molecular complexity index is 1230. The number of hydrogen-bond donors (Lipinski definition) is 1. The predicted molar refractivity (Wildman–Crippen MR) is 149 cm³/mol. The first-order chi connectivity index (χ1) is 16.9. The van der Waals surface area contributed by atoms with Gasteiger partial charge in [0.1, 0.15) is 6.04 Å². The summed E-state index contributed by atoms with van der Waals surface area (Å²) in [5.41, 5.74) is 1.82. The van der Waals surface area contributed by atoms with Crippen molar-refractivity contribution in [2.45, 2.75) is 51.7 Å². The Morgan fingerprint density at radius 3 is 2.14 bits per heavy atom. The van der Waals surface area contributed by atoms with Crippen LogP contribution in [0.2, 0.25) is 20.1 Å². The highest BCUT2D eigenvalue weighted by Gasteiger charge is 2.32. The van der Waals surface area contributed by atoms with Crippen molar-refractivity contribution >= 4 is 58.2 Å². The van der Waals surface area contributed by atoms with Gasteiger partial charge < -0.3 is 10.2 Å². The van der Waals surface area contributed by atoms with Crippen LogP contribution in [0.25, 0.3) is 0 Å². The topological polar surface area (TPSA) is 49.4 Å². The number of halogens is 4. The molecule has 0 aromatic heterocycles. The fourth-order valence-electron chi connectivity index (χ4n) is 3.77. The fraction of sp³-hybridized carbons (Fsp3) is 0.286. The van der Waals surface area contributed by atoms with E-state index in [4.69, 9.17) is 46.4 Å². The lowest BCUT2D eigenvalue weighted by atomic mass is 10.00. The van der Waals surface area contributed by atoms with Gasteiger partial charge in [0, 0.05) is 28.5 Å². The van der Waals surface area contributed by atoms with Gasteiger partial charge in [0.2, 0.25) is 11.8 Å². The van der Waals surface area contributed by atoms with Crippen molar-refractivity contribution in [3.8, 4) is 0 Å². The summed E-state index contributed by atoms with van der Waals surface area (Å²) in [6.45, 7) is 5.85. The molecular weight excluding hydrogens is 538 g/mol. The SMILES string of the molecule is CC(C)(C)NC(=O)C(Cc1ccccc1)N(Cc1ccc(Cl)cc1Cl)C(=O)Cc1ccc(Cl)c(Cl)c1. The van der Waals surface area contributed by atoms with Gasteiger partial charge in [0.25, 0.3) is 0 Å². The molecule has 3 rings (SSSR count). The van der Waals surface area contributed by atoms with Gasteiger partial charge in [-0.2, -0.15) is 0 Å². The molecule has 1 atom stereocenters. The average Bonchev–Trinajstić information content (AvgIpc) is 2.79. The molecule has 2 amide bonds. The zero-order chi connectivity index (χ0) is 26.5. The van der Waals surface area contributed by atoms with Crippen molar-refractivity contribution in [3.05, 3.63) is 104 Å². The van der Waals surface area contributed by atoms with E-state index in [1.54, 1.807) is 41.3 Å². The van der Waals surface area contributed by atoms with Crippen molar-refractivity contribution in [2.24, 2.45) is 0 Å². The maximum absolute atomic E-state index is 13.8. The Kier molecular flexibility index (Phi) is 9.71. The summed E-state index contributed by atoms with van der Waals surface area (Å²) in [5.74, 6) is -0.497. The second kappa shape index (κ2) is 12.3. The third kappa shape index (κ3) is 8.14. The highest BCUT2D eigenvalue weighted by atomic mass is 35.5. The Morgan fingerprint density at radius 1 is 0.833 bits per heavy atom. The smallest absolute Gasteiger partial charge is 0.243 e. The van der Waals surface area contributed by atoms with E-state index in [2.05, 4.69) is 5.32 Å². The first kappa shape index (κ1) is 28.3. The van der Waals surface area contributed by atoms with Crippen molar-refractivity contribution in [1.82, 2.24) is 10.2 Å². The number of nitrogens with zero attached hydrogens (tertiary/aromatic N) is 1. The molecule has 0 saturated heterocycles. The van der Waals surface area contributed by atoms with Crippen LogP contribution in [0.3, 0.4) is 0 Å². The van der Waals surface area contributed by atoms with Crippen LogP contribution in [-0.2, 0) is 29.0 Å². The van der Waals surface area contributed by atoms with E-state index >= 15 is 0 Å². The largest absolute Gasteiger partial charge is 0.350 e. The van der Waals surface area contributed by atoms with Crippen molar-refractivity contribution in [1.29, 1.82) is 0 Å². The van der Waals surface area contributed by atoms with Gasteiger partial charge in [0.05, 0.1) is 16.5 Å². The Morgan fingerprint density at radius 2 is 1.53 bits per heavy atom. The minimum Gasteiger partial charge on any atom is -0.350 e. The Labute approximate surface area is 232 Å². The van der Waals surface area contributed by atoms with E-state index in [1.807, 2.05) is 51.1 Å². The zero-order valence-corrected chi connectivity index (χ0v) is 23.3. The van der Waals surface area contributed by atoms with Gasteiger partial charge in [-0.1, -0.05) is 88.9 Å². The summed E-state index contributed by atoms with van der Waals surface area (Å²) in [6, 6.07) is 19.0. The van der Waals surface area contributed by atoms with Crippen LogP contribution >= 0.6 is 46.4 Å². The molecule has 3 aromatic rings. The molecule has 190 valence electrons. The zero-order valence-electron chi connectivity index (χ0n) is 20.3. The third-order valence-corrected chi connectivity index (χ3v) is 6.79. The number of carbonyl (C=O) groups is 2. The molecule has 1 unspecified atom stereocenters. The van der Waals surface area contributed by atoms with Crippen LogP contribution in [-0.4, -0.2) is 28.3 Å². The van der Waals surface area contributed by atoms with Gasteiger partial charge in [0.15, 0.2) is 0 Å². The molecule has 0 aliphatic heterocycles. The minimum absolute atomic E-state index is 0.0379. The molecule has 0 aliphatic rings. The van der Waals surface area contributed by atoms with Crippen LogP contribution in [0.5, 0.6) is 0 Å². The Hall–Kier alpha value is -2.24. The molecule has 3 aromatic carbocycles. The standard InChI is InChI=1S/C28H28Cl4N2O2/c1-28(2,3)33-27(36)25(14-18-7-5-4-6-8-18)34(17-20-10-11-21(29)16-23(20)31)26(35)15-19-9-12-22(30)24(32)13-19/h4-13,16,25H,14-15,17H2,1-3H3,(H,33,36). The molecular formula is C28H28Cl4N2O2. The minimum atomic E-state index is -0.784. The molecule has 8 heteroatoms. The van der Waals surface area contributed by atoms with Gasteiger partial charge in [-0.25, -0.2) is 0 Å². The lowest BCUT2D eigenvalue weighted by Gasteiger charge is -2.34. The predicted octanol–water partition coefficient (Wildman–Crippen LogP) is 7.40. The second-order valence-electron chi connectivity index (χ2n) is 9.63. The van der Waals surface area contributed by atoms with Crippen molar-refractivity contribution < 1.29 is 9.59 Å². The molecule has 36 heavy (non-hydrogen) atoms. The molecule has 0 fully saturated rings. The van der Waals surface area contributed by atoms with Gasteiger partial charge >= 0.3 is 0 Å². The molecule has 0 radical (unpaired) electrons. The molecule has 0 bridgehead atoms. The molecule has 0 saturated carbocycles. The molecule has 4 nitrogen and oxygen atoms in total. The summed E-state index contributed by atoms with van der Waals surface area (Å²) in [7, 11) is 0. The summed E-state index contributed by atoms with van der Waals surface area (Å²) in [5, 5.41) is 4.72. The number of benzene rings is 3. The average molecular weight is 566 g/mol. The summed E-state index contributed by atoms with van der Waals surface area (Å²) in [6.07, 6.45) is 0.372. The van der Waals surface area contributed by atoms with E-state index in [0.717, 1.165) is 5.56 Å².